The van der Waals surface area contributed by atoms with Gasteiger partial charge in [-0.25, -0.2) is 0 Å². The molecule has 0 fully saturated rings. The van der Waals surface area contributed by atoms with Crippen LogP contribution in [0.4, 0.5) is 0 Å². The standard InChI is InChI=1S/C12H16N4/c1-16-9-11(8-15-16)12(13)3-2-10-4-6-14-7-5-10/h4-9,12H,2-3,13H2,1H3. The van der Waals surface area contributed by atoms with Gasteiger partial charge in [-0.15, -0.1) is 0 Å². The van der Waals surface area contributed by atoms with Crippen molar-refractivity contribution in [3.05, 3.63) is 48.0 Å². The van der Waals surface area contributed by atoms with Gasteiger partial charge in [-0.3, -0.25) is 9.67 Å². The van der Waals surface area contributed by atoms with E-state index in [-0.39, 0.29) is 6.04 Å². The van der Waals surface area contributed by atoms with Gasteiger partial charge in [-0.1, -0.05) is 0 Å². The zero-order valence-corrected chi connectivity index (χ0v) is 9.37. The average molecular weight is 216 g/mol. The van der Waals surface area contributed by atoms with Gasteiger partial charge < -0.3 is 5.73 Å². The molecule has 4 heteroatoms. The van der Waals surface area contributed by atoms with Crippen LogP contribution in [-0.2, 0) is 13.5 Å². The zero-order chi connectivity index (χ0) is 11.4. The topological polar surface area (TPSA) is 56.7 Å². The molecule has 0 radical (unpaired) electrons. The van der Waals surface area contributed by atoms with Crippen LogP contribution in [0.15, 0.2) is 36.9 Å². The van der Waals surface area contributed by atoms with Crippen molar-refractivity contribution in [2.45, 2.75) is 18.9 Å². The van der Waals surface area contributed by atoms with Crippen molar-refractivity contribution in [1.29, 1.82) is 0 Å². The Morgan fingerprint density at radius 2 is 2.12 bits per heavy atom. The average Bonchev–Trinajstić information content (AvgIpc) is 2.74. The molecule has 0 amide bonds. The third-order valence-corrected chi connectivity index (χ3v) is 2.65. The molecule has 2 aromatic heterocycles. The first-order valence-electron chi connectivity index (χ1n) is 5.39. The molecule has 0 spiro atoms. The number of hydrogen-bond acceptors (Lipinski definition) is 3. The number of aromatic nitrogens is 3. The van der Waals surface area contributed by atoms with Crippen molar-refractivity contribution in [1.82, 2.24) is 14.8 Å². The molecule has 2 aromatic rings. The summed E-state index contributed by atoms with van der Waals surface area (Å²) in [5.41, 5.74) is 8.45. The van der Waals surface area contributed by atoms with Crippen LogP contribution in [-0.4, -0.2) is 14.8 Å². The van der Waals surface area contributed by atoms with E-state index in [1.807, 2.05) is 44.0 Å². The van der Waals surface area contributed by atoms with E-state index in [1.165, 1.54) is 5.56 Å². The van der Waals surface area contributed by atoms with Crippen LogP contribution in [0, 0.1) is 0 Å². The smallest absolute Gasteiger partial charge is 0.0537 e. The van der Waals surface area contributed by atoms with Crippen molar-refractivity contribution in [2.24, 2.45) is 12.8 Å². The van der Waals surface area contributed by atoms with Crippen LogP contribution >= 0.6 is 0 Å². The summed E-state index contributed by atoms with van der Waals surface area (Å²) in [5.74, 6) is 0. The second-order valence-electron chi connectivity index (χ2n) is 3.95. The number of nitrogens with two attached hydrogens (primary N) is 1. The van der Waals surface area contributed by atoms with Gasteiger partial charge in [0.25, 0.3) is 0 Å². The molecule has 1 unspecified atom stereocenters. The Morgan fingerprint density at radius 1 is 1.38 bits per heavy atom. The van der Waals surface area contributed by atoms with E-state index in [0.717, 1.165) is 18.4 Å². The van der Waals surface area contributed by atoms with Crippen LogP contribution in [0.3, 0.4) is 0 Å². The van der Waals surface area contributed by atoms with Crippen LogP contribution in [0.1, 0.15) is 23.6 Å². The normalized spacial score (nSPS) is 12.6. The van der Waals surface area contributed by atoms with Gasteiger partial charge in [0.1, 0.15) is 0 Å². The fourth-order valence-corrected chi connectivity index (χ4v) is 1.67. The first-order chi connectivity index (χ1) is 7.75. The number of hydrogen-bond donors (Lipinski definition) is 1. The molecule has 2 N–H and O–H groups in total. The lowest BCUT2D eigenvalue weighted by molar-refractivity contribution is 0.649. The highest BCUT2D eigenvalue weighted by Crippen LogP contribution is 2.15. The van der Waals surface area contributed by atoms with Crippen LogP contribution in [0.5, 0.6) is 0 Å². The molecule has 84 valence electrons. The van der Waals surface area contributed by atoms with Gasteiger partial charge in [0.2, 0.25) is 0 Å². The summed E-state index contributed by atoms with van der Waals surface area (Å²) in [7, 11) is 1.90. The maximum Gasteiger partial charge on any atom is 0.0537 e. The van der Waals surface area contributed by atoms with Crippen molar-refractivity contribution < 1.29 is 0 Å². The molecule has 0 aliphatic heterocycles. The minimum atomic E-state index is 0.0573. The quantitative estimate of drug-likeness (QED) is 0.841. The minimum Gasteiger partial charge on any atom is -0.324 e. The molecule has 4 nitrogen and oxygen atoms in total. The Hall–Kier alpha value is -1.68. The maximum atomic E-state index is 6.09. The number of aryl methyl sites for hydroxylation is 2. The molecule has 0 aliphatic rings. The molecule has 0 saturated carbocycles. The molecule has 1 atom stereocenters. The summed E-state index contributed by atoms with van der Waals surface area (Å²) in [6.45, 7) is 0. The largest absolute Gasteiger partial charge is 0.324 e. The lowest BCUT2D eigenvalue weighted by atomic mass is 10.0. The minimum absolute atomic E-state index is 0.0573. The Morgan fingerprint density at radius 3 is 2.75 bits per heavy atom. The Labute approximate surface area is 95.1 Å². The lowest BCUT2D eigenvalue weighted by Gasteiger charge is -2.08. The van der Waals surface area contributed by atoms with E-state index < -0.39 is 0 Å². The molecular formula is C12H16N4. The molecule has 2 rings (SSSR count). The predicted molar refractivity (Wildman–Crippen MR) is 62.7 cm³/mol. The monoisotopic (exact) mass is 216 g/mol. The molecule has 0 bridgehead atoms. The van der Waals surface area contributed by atoms with Crippen molar-refractivity contribution in [2.75, 3.05) is 0 Å². The molecule has 16 heavy (non-hydrogen) atoms. The number of pyridine rings is 1. The summed E-state index contributed by atoms with van der Waals surface area (Å²) < 4.78 is 1.78. The van der Waals surface area contributed by atoms with E-state index in [2.05, 4.69) is 10.1 Å². The van der Waals surface area contributed by atoms with E-state index in [9.17, 15) is 0 Å². The molecule has 0 aliphatic carbocycles. The van der Waals surface area contributed by atoms with E-state index in [4.69, 9.17) is 5.73 Å². The third kappa shape index (κ3) is 2.67. The van der Waals surface area contributed by atoms with Gasteiger partial charge in [0.15, 0.2) is 0 Å². The van der Waals surface area contributed by atoms with Gasteiger partial charge in [-0.05, 0) is 30.5 Å². The van der Waals surface area contributed by atoms with Gasteiger partial charge in [0, 0.05) is 37.2 Å². The first-order valence-corrected chi connectivity index (χ1v) is 5.39. The Balaban J connectivity index is 1.91. The van der Waals surface area contributed by atoms with Crippen LogP contribution in [0.2, 0.25) is 0 Å². The highest BCUT2D eigenvalue weighted by molar-refractivity contribution is 5.13. The summed E-state index contributed by atoms with van der Waals surface area (Å²) in [6.07, 6.45) is 9.32. The fourth-order valence-electron chi connectivity index (χ4n) is 1.67. The van der Waals surface area contributed by atoms with E-state index in [1.54, 1.807) is 4.68 Å². The fraction of sp³-hybridized carbons (Fsp3) is 0.333. The van der Waals surface area contributed by atoms with Crippen molar-refractivity contribution >= 4 is 0 Å². The van der Waals surface area contributed by atoms with E-state index >= 15 is 0 Å². The molecular weight excluding hydrogens is 200 g/mol. The second-order valence-corrected chi connectivity index (χ2v) is 3.95. The first kappa shape index (κ1) is 10.8. The van der Waals surface area contributed by atoms with Crippen molar-refractivity contribution in [3.8, 4) is 0 Å². The Bertz CT molecular complexity index is 435. The summed E-state index contributed by atoms with van der Waals surface area (Å²) in [4.78, 5) is 3.99. The molecule has 0 aromatic carbocycles. The van der Waals surface area contributed by atoms with Gasteiger partial charge in [0.05, 0.1) is 6.20 Å². The summed E-state index contributed by atoms with van der Waals surface area (Å²) >= 11 is 0. The maximum absolute atomic E-state index is 6.09. The highest BCUT2D eigenvalue weighted by Gasteiger charge is 2.07. The van der Waals surface area contributed by atoms with Gasteiger partial charge in [-0.2, -0.15) is 5.10 Å². The van der Waals surface area contributed by atoms with Crippen LogP contribution in [0.25, 0.3) is 0 Å². The molecule has 0 saturated heterocycles. The second kappa shape index (κ2) is 4.90. The zero-order valence-electron chi connectivity index (χ0n) is 9.37. The van der Waals surface area contributed by atoms with E-state index in [0.29, 0.717) is 0 Å². The SMILES string of the molecule is Cn1cc(C(N)CCc2ccncc2)cn1. The van der Waals surface area contributed by atoms with Crippen molar-refractivity contribution in [3.63, 3.8) is 0 Å². The number of nitrogens with zero attached hydrogens (tertiary/aromatic N) is 3. The Kier molecular flexibility index (Phi) is 3.31. The van der Waals surface area contributed by atoms with Gasteiger partial charge >= 0.3 is 0 Å². The summed E-state index contributed by atoms with van der Waals surface area (Å²) in [5, 5.41) is 4.12. The summed E-state index contributed by atoms with van der Waals surface area (Å²) in [6, 6.07) is 4.10. The molecule has 2 heterocycles. The predicted octanol–water partition coefficient (Wildman–Crippen LogP) is 1.45. The highest BCUT2D eigenvalue weighted by atomic mass is 15.2. The number of rotatable bonds is 4. The third-order valence-electron chi connectivity index (χ3n) is 2.65. The lowest BCUT2D eigenvalue weighted by Crippen LogP contribution is -2.10. The van der Waals surface area contributed by atoms with Crippen LogP contribution < -0.4 is 5.73 Å².